The van der Waals surface area contributed by atoms with Gasteiger partial charge >= 0.3 is 0 Å². The molecule has 2 rings (SSSR count). The smallest absolute Gasteiger partial charge is 0.248 e. The normalized spacial score (nSPS) is 19.7. The summed E-state index contributed by atoms with van der Waals surface area (Å²) in [6.07, 6.45) is 6.05. The third kappa shape index (κ3) is 3.62. The molecule has 2 N–H and O–H groups in total. The molecule has 19 heavy (non-hydrogen) atoms. The molecule has 0 amide bonds. The van der Waals surface area contributed by atoms with E-state index >= 15 is 0 Å². The molecule has 1 aliphatic rings. The van der Waals surface area contributed by atoms with Gasteiger partial charge < -0.3 is 10.5 Å². The highest BCUT2D eigenvalue weighted by Gasteiger charge is 2.33. The highest BCUT2D eigenvalue weighted by molar-refractivity contribution is 5.53. The molecule has 0 unspecified atom stereocenters. The van der Waals surface area contributed by atoms with Crippen molar-refractivity contribution in [1.82, 2.24) is 9.97 Å². The van der Waals surface area contributed by atoms with E-state index in [-0.39, 0.29) is 24.7 Å². The van der Waals surface area contributed by atoms with Crippen molar-refractivity contribution in [2.24, 2.45) is 5.92 Å². The number of alkyl halides is 2. The van der Waals surface area contributed by atoms with Gasteiger partial charge in [-0.2, -0.15) is 0 Å². The zero-order chi connectivity index (χ0) is 13.9. The van der Waals surface area contributed by atoms with Crippen LogP contribution >= 0.6 is 0 Å². The molecule has 1 saturated carbocycles. The average Bonchev–Trinajstić information content (AvgIpc) is 2.38. The predicted octanol–water partition coefficient (Wildman–Crippen LogP) is 2.91. The van der Waals surface area contributed by atoms with Gasteiger partial charge in [0, 0.05) is 12.8 Å². The van der Waals surface area contributed by atoms with Gasteiger partial charge in [-0.15, -0.1) is 0 Å². The summed E-state index contributed by atoms with van der Waals surface area (Å²) in [5.41, 5.74) is 6.09. The molecule has 0 aliphatic heterocycles. The lowest BCUT2D eigenvalue weighted by Gasteiger charge is -2.26. The van der Waals surface area contributed by atoms with Crippen LogP contribution < -0.4 is 10.5 Å². The number of allylic oxidation sites excluding steroid dienone is 1. The van der Waals surface area contributed by atoms with Crippen LogP contribution in [0, 0.1) is 5.92 Å². The van der Waals surface area contributed by atoms with Crippen LogP contribution in [-0.4, -0.2) is 23.0 Å². The number of halogens is 2. The van der Waals surface area contributed by atoms with Gasteiger partial charge in [0.05, 0.1) is 13.3 Å². The Balaban J connectivity index is 2.05. The number of hydrogen-bond acceptors (Lipinski definition) is 4. The molecule has 6 heteroatoms. The van der Waals surface area contributed by atoms with Crippen LogP contribution in [0.2, 0.25) is 0 Å². The first kappa shape index (κ1) is 13.7. The highest BCUT2D eigenvalue weighted by Crippen LogP contribution is 2.36. The number of methoxy groups -OCH3 is 1. The number of nitrogens with zero attached hydrogens (tertiary/aromatic N) is 2. The maximum absolute atomic E-state index is 13.0. The van der Waals surface area contributed by atoms with E-state index in [1.807, 2.05) is 6.08 Å². The molecule has 0 atom stereocenters. The Labute approximate surface area is 110 Å². The van der Waals surface area contributed by atoms with Gasteiger partial charge in [-0.05, 0) is 24.8 Å². The third-order valence-corrected chi connectivity index (χ3v) is 3.31. The molecule has 0 aromatic carbocycles. The lowest BCUT2D eigenvalue weighted by Crippen LogP contribution is -2.23. The summed E-state index contributed by atoms with van der Waals surface area (Å²) < 4.78 is 31.2. The topological polar surface area (TPSA) is 61.0 Å². The Morgan fingerprint density at radius 1 is 1.42 bits per heavy atom. The first-order valence-electron chi connectivity index (χ1n) is 6.23. The van der Waals surface area contributed by atoms with Crippen molar-refractivity contribution in [2.75, 3.05) is 12.8 Å². The van der Waals surface area contributed by atoms with Crippen molar-refractivity contribution >= 4 is 12.0 Å². The van der Waals surface area contributed by atoms with Crippen LogP contribution in [0.5, 0.6) is 5.75 Å². The second-order valence-electron chi connectivity index (χ2n) is 4.73. The Morgan fingerprint density at radius 2 is 2.11 bits per heavy atom. The minimum absolute atomic E-state index is 0.0505. The molecule has 0 radical (unpaired) electrons. The Morgan fingerprint density at radius 3 is 2.74 bits per heavy atom. The van der Waals surface area contributed by atoms with E-state index in [0.717, 1.165) is 0 Å². The summed E-state index contributed by atoms with van der Waals surface area (Å²) in [7, 11) is 1.52. The van der Waals surface area contributed by atoms with Crippen LogP contribution in [0.3, 0.4) is 0 Å². The van der Waals surface area contributed by atoms with Gasteiger partial charge in [-0.1, -0.05) is 6.08 Å². The fourth-order valence-electron chi connectivity index (χ4n) is 2.16. The van der Waals surface area contributed by atoms with E-state index in [9.17, 15) is 8.78 Å². The average molecular weight is 269 g/mol. The molecule has 4 nitrogen and oxygen atoms in total. The molecule has 0 saturated heterocycles. The van der Waals surface area contributed by atoms with Gasteiger partial charge in [-0.3, -0.25) is 0 Å². The molecular formula is C13H17F2N3O. The highest BCUT2D eigenvalue weighted by atomic mass is 19.3. The van der Waals surface area contributed by atoms with Crippen molar-refractivity contribution in [3.8, 4) is 5.75 Å². The van der Waals surface area contributed by atoms with Crippen LogP contribution in [-0.2, 0) is 0 Å². The summed E-state index contributed by atoms with van der Waals surface area (Å²) in [6.45, 7) is 0. The number of rotatable bonds is 3. The summed E-state index contributed by atoms with van der Waals surface area (Å²) >= 11 is 0. The monoisotopic (exact) mass is 269 g/mol. The fourth-order valence-corrected chi connectivity index (χ4v) is 2.16. The first-order valence-corrected chi connectivity index (χ1v) is 6.23. The van der Waals surface area contributed by atoms with Gasteiger partial charge in [-0.25, -0.2) is 18.7 Å². The molecule has 0 bridgehead atoms. The standard InChI is InChI=1S/C13H17F2N3O/c1-19-11-8-17-12(16)18-10(11)3-2-9-4-6-13(14,15)7-5-9/h2-3,8-9H,4-7H2,1H3,(H2,16,17,18)/b3-2+. The molecule has 1 aromatic rings. The van der Waals surface area contributed by atoms with E-state index < -0.39 is 5.92 Å². The lowest BCUT2D eigenvalue weighted by atomic mass is 9.86. The number of nitrogen functional groups attached to an aromatic ring is 1. The minimum Gasteiger partial charge on any atom is -0.493 e. The third-order valence-electron chi connectivity index (χ3n) is 3.31. The van der Waals surface area contributed by atoms with Crippen molar-refractivity contribution in [3.05, 3.63) is 18.0 Å². The SMILES string of the molecule is COc1cnc(N)nc1/C=C/C1CCC(F)(F)CC1. The maximum atomic E-state index is 13.0. The van der Waals surface area contributed by atoms with E-state index in [0.29, 0.717) is 24.3 Å². The molecule has 1 aliphatic carbocycles. The Kier molecular flexibility index (Phi) is 3.97. The minimum atomic E-state index is -2.50. The van der Waals surface area contributed by atoms with Crippen molar-refractivity contribution in [2.45, 2.75) is 31.6 Å². The quantitative estimate of drug-likeness (QED) is 0.916. The number of nitrogens with two attached hydrogens (primary N) is 1. The number of ether oxygens (including phenoxy) is 1. The molecule has 1 aromatic heterocycles. The Hall–Kier alpha value is -1.72. The van der Waals surface area contributed by atoms with E-state index in [4.69, 9.17) is 10.5 Å². The van der Waals surface area contributed by atoms with Crippen molar-refractivity contribution in [1.29, 1.82) is 0 Å². The van der Waals surface area contributed by atoms with E-state index in [1.165, 1.54) is 13.3 Å². The maximum Gasteiger partial charge on any atom is 0.248 e. The Bertz CT molecular complexity index is 467. The largest absolute Gasteiger partial charge is 0.493 e. The lowest BCUT2D eigenvalue weighted by molar-refractivity contribution is -0.0410. The van der Waals surface area contributed by atoms with Crippen molar-refractivity contribution in [3.63, 3.8) is 0 Å². The van der Waals surface area contributed by atoms with Crippen LogP contribution in [0.15, 0.2) is 12.3 Å². The van der Waals surface area contributed by atoms with E-state index in [2.05, 4.69) is 9.97 Å². The first-order chi connectivity index (χ1) is 9.00. The van der Waals surface area contributed by atoms with Gasteiger partial charge in [0.15, 0.2) is 5.75 Å². The zero-order valence-corrected chi connectivity index (χ0v) is 10.8. The molecule has 0 spiro atoms. The molecular weight excluding hydrogens is 252 g/mol. The number of anilines is 1. The summed E-state index contributed by atoms with van der Waals surface area (Å²) in [4.78, 5) is 7.90. The summed E-state index contributed by atoms with van der Waals surface area (Å²) in [6, 6.07) is 0. The number of hydrogen-bond donors (Lipinski definition) is 1. The molecule has 1 heterocycles. The van der Waals surface area contributed by atoms with Crippen molar-refractivity contribution < 1.29 is 13.5 Å². The van der Waals surface area contributed by atoms with Crippen LogP contribution in [0.4, 0.5) is 14.7 Å². The van der Waals surface area contributed by atoms with Crippen LogP contribution in [0.25, 0.3) is 6.08 Å². The molecule has 1 fully saturated rings. The second-order valence-corrected chi connectivity index (χ2v) is 4.73. The number of aromatic nitrogens is 2. The van der Waals surface area contributed by atoms with E-state index in [1.54, 1.807) is 6.08 Å². The zero-order valence-electron chi connectivity index (χ0n) is 10.8. The molecule has 104 valence electrons. The second kappa shape index (κ2) is 5.50. The van der Waals surface area contributed by atoms with Crippen LogP contribution in [0.1, 0.15) is 31.4 Å². The summed E-state index contributed by atoms with van der Waals surface area (Å²) in [5, 5.41) is 0. The predicted molar refractivity (Wildman–Crippen MR) is 68.9 cm³/mol. The van der Waals surface area contributed by atoms with Gasteiger partial charge in [0.2, 0.25) is 11.9 Å². The van der Waals surface area contributed by atoms with Gasteiger partial charge in [0.25, 0.3) is 0 Å². The summed E-state index contributed by atoms with van der Waals surface area (Å²) in [5.74, 6) is -1.66. The van der Waals surface area contributed by atoms with Gasteiger partial charge in [0.1, 0.15) is 5.69 Å². The fraction of sp³-hybridized carbons (Fsp3) is 0.538.